The molecule has 0 aromatic carbocycles. The molecule has 8 heteroatoms. The van der Waals surface area contributed by atoms with Gasteiger partial charge in [0.05, 0.1) is 11.2 Å². The number of aryl methyl sites for hydroxylation is 1. The summed E-state index contributed by atoms with van der Waals surface area (Å²) >= 11 is 1.26. The molecule has 1 unspecified atom stereocenters. The lowest BCUT2D eigenvalue weighted by Crippen LogP contribution is -2.43. The molecule has 2 aliphatic heterocycles. The van der Waals surface area contributed by atoms with Gasteiger partial charge < -0.3 is 5.32 Å². The second-order valence-corrected chi connectivity index (χ2v) is 9.04. The molecule has 0 saturated carbocycles. The van der Waals surface area contributed by atoms with Crippen LogP contribution in [0.2, 0.25) is 0 Å². The molecule has 2 saturated heterocycles. The molecular weight excluding hydrogens is 330 g/mol. The van der Waals surface area contributed by atoms with Crippen molar-refractivity contribution >= 4 is 33.8 Å². The zero-order chi connectivity index (χ0) is 14.2. The third-order valence-corrected chi connectivity index (χ3v) is 7.61. The van der Waals surface area contributed by atoms with Gasteiger partial charge in [0.25, 0.3) is 10.0 Å². The molecule has 3 rings (SSSR count). The van der Waals surface area contributed by atoms with Gasteiger partial charge in [-0.15, -0.1) is 23.7 Å². The van der Waals surface area contributed by atoms with Crippen molar-refractivity contribution < 1.29 is 8.42 Å². The van der Waals surface area contributed by atoms with Gasteiger partial charge >= 0.3 is 0 Å². The van der Waals surface area contributed by atoms with Crippen molar-refractivity contribution in [1.29, 1.82) is 0 Å². The summed E-state index contributed by atoms with van der Waals surface area (Å²) in [6.07, 6.45) is 5.91. The van der Waals surface area contributed by atoms with Gasteiger partial charge in [0, 0.05) is 19.1 Å². The van der Waals surface area contributed by atoms with Crippen molar-refractivity contribution in [2.24, 2.45) is 5.92 Å². The summed E-state index contributed by atoms with van der Waals surface area (Å²) in [5, 5.41) is 4.34. The van der Waals surface area contributed by atoms with Crippen LogP contribution in [0, 0.1) is 12.8 Å². The Morgan fingerprint density at radius 1 is 1.33 bits per heavy atom. The van der Waals surface area contributed by atoms with E-state index in [1.807, 2.05) is 6.92 Å². The molecule has 0 aliphatic carbocycles. The van der Waals surface area contributed by atoms with Crippen LogP contribution in [0.1, 0.15) is 30.7 Å². The predicted octanol–water partition coefficient (Wildman–Crippen LogP) is 2.03. The molecule has 21 heavy (non-hydrogen) atoms. The zero-order valence-electron chi connectivity index (χ0n) is 12.1. The number of sulfonamides is 1. The number of hydrogen-bond donors (Lipinski definition) is 1. The van der Waals surface area contributed by atoms with E-state index in [0.717, 1.165) is 24.4 Å². The van der Waals surface area contributed by atoms with E-state index in [2.05, 4.69) is 10.3 Å². The van der Waals surface area contributed by atoms with E-state index in [4.69, 9.17) is 0 Å². The van der Waals surface area contributed by atoms with Crippen LogP contribution in [0.15, 0.2) is 10.4 Å². The Morgan fingerprint density at radius 3 is 2.57 bits per heavy atom. The summed E-state index contributed by atoms with van der Waals surface area (Å²) in [7, 11) is -3.32. The number of hydrogen-bond acceptors (Lipinski definition) is 5. The third-order valence-electron chi connectivity index (χ3n) is 4.36. The smallest absolute Gasteiger partial charge is 0.254 e. The number of piperidine rings is 1. The molecule has 0 radical (unpaired) electrons. The van der Waals surface area contributed by atoms with E-state index in [-0.39, 0.29) is 12.4 Å². The minimum atomic E-state index is -3.32. The number of rotatable bonds is 3. The van der Waals surface area contributed by atoms with Gasteiger partial charge in [0.1, 0.15) is 0 Å². The molecule has 120 valence electrons. The van der Waals surface area contributed by atoms with Crippen molar-refractivity contribution in [1.82, 2.24) is 14.6 Å². The van der Waals surface area contributed by atoms with E-state index >= 15 is 0 Å². The van der Waals surface area contributed by atoms with Gasteiger partial charge in [-0.2, -0.15) is 4.31 Å². The fourth-order valence-corrected chi connectivity index (χ4v) is 5.95. The summed E-state index contributed by atoms with van der Waals surface area (Å²) in [4.78, 5) is 4.06. The molecular formula is C13H22ClN3O2S2. The Morgan fingerprint density at radius 2 is 2.05 bits per heavy atom. The lowest BCUT2D eigenvalue weighted by atomic mass is 9.89. The highest BCUT2D eigenvalue weighted by molar-refractivity contribution is 7.91. The van der Waals surface area contributed by atoms with Crippen LogP contribution < -0.4 is 5.32 Å². The molecule has 3 heterocycles. The van der Waals surface area contributed by atoms with Gasteiger partial charge in [0.15, 0.2) is 4.21 Å². The first kappa shape index (κ1) is 17.1. The highest BCUT2D eigenvalue weighted by Gasteiger charge is 2.34. The summed E-state index contributed by atoms with van der Waals surface area (Å²) in [5.41, 5.74) is 0. The Balaban J connectivity index is 0.00000161. The van der Waals surface area contributed by atoms with Crippen molar-refractivity contribution in [2.45, 2.75) is 42.9 Å². The van der Waals surface area contributed by atoms with E-state index in [0.29, 0.717) is 29.3 Å². The molecule has 2 fully saturated rings. The molecule has 2 aliphatic rings. The van der Waals surface area contributed by atoms with E-state index in [1.165, 1.54) is 30.4 Å². The van der Waals surface area contributed by atoms with Gasteiger partial charge in [0.2, 0.25) is 0 Å². The second kappa shape index (κ2) is 6.91. The van der Waals surface area contributed by atoms with Crippen molar-refractivity contribution in [3.8, 4) is 0 Å². The normalized spacial score (nSPS) is 24.9. The van der Waals surface area contributed by atoms with Gasteiger partial charge in [-0.05, 0) is 45.1 Å². The largest absolute Gasteiger partial charge is 0.314 e. The van der Waals surface area contributed by atoms with Gasteiger partial charge in [-0.3, -0.25) is 0 Å². The molecule has 1 aromatic rings. The molecule has 0 bridgehead atoms. The van der Waals surface area contributed by atoms with Crippen molar-refractivity contribution in [2.75, 3.05) is 19.6 Å². The molecule has 0 spiro atoms. The lowest BCUT2D eigenvalue weighted by molar-refractivity contribution is 0.234. The summed E-state index contributed by atoms with van der Waals surface area (Å²) in [6, 6.07) is 0.602. The monoisotopic (exact) mass is 351 g/mol. The maximum absolute atomic E-state index is 12.5. The minimum absolute atomic E-state index is 0. The number of nitrogens with zero attached hydrogens (tertiary/aromatic N) is 2. The fourth-order valence-electron chi connectivity index (χ4n) is 3.22. The SMILES string of the molecule is Cc1ncc(S(=O)(=O)N2CCC(C3CCCN3)CC2)s1.Cl. The molecule has 1 N–H and O–H groups in total. The van der Waals surface area contributed by atoms with Crippen molar-refractivity contribution in [3.05, 3.63) is 11.2 Å². The summed E-state index contributed by atoms with van der Waals surface area (Å²) in [6.45, 7) is 4.23. The Kier molecular flexibility index (Phi) is 5.65. The summed E-state index contributed by atoms with van der Waals surface area (Å²) in [5.74, 6) is 0.632. The first-order valence-electron chi connectivity index (χ1n) is 7.23. The van der Waals surface area contributed by atoms with E-state index in [1.54, 1.807) is 4.31 Å². The van der Waals surface area contributed by atoms with Crippen LogP contribution in [-0.2, 0) is 10.0 Å². The highest BCUT2D eigenvalue weighted by Crippen LogP contribution is 2.30. The minimum Gasteiger partial charge on any atom is -0.314 e. The van der Waals surface area contributed by atoms with Gasteiger partial charge in [-0.25, -0.2) is 13.4 Å². The Bertz CT molecular complexity index is 562. The van der Waals surface area contributed by atoms with Crippen LogP contribution in [0.25, 0.3) is 0 Å². The third kappa shape index (κ3) is 3.59. The predicted molar refractivity (Wildman–Crippen MR) is 86.6 cm³/mol. The Hall–Kier alpha value is -0.210. The molecule has 5 nitrogen and oxygen atoms in total. The molecule has 1 aromatic heterocycles. The first-order chi connectivity index (χ1) is 9.57. The molecule has 1 atom stereocenters. The van der Waals surface area contributed by atoms with Crippen LogP contribution >= 0.6 is 23.7 Å². The lowest BCUT2D eigenvalue weighted by Gasteiger charge is -2.33. The quantitative estimate of drug-likeness (QED) is 0.905. The molecule has 0 amide bonds. The topological polar surface area (TPSA) is 62.3 Å². The van der Waals surface area contributed by atoms with Crippen LogP contribution in [0.5, 0.6) is 0 Å². The fraction of sp³-hybridized carbons (Fsp3) is 0.769. The zero-order valence-corrected chi connectivity index (χ0v) is 14.6. The van der Waals surface area contributed by atoms with Crippen molar-refractivity contribution in [3.63, 3.8) is 0 Å². The number of halogens is 1. The number of nitrogens with one attached hydrogen (secondary N) is 1. The van der Waals surface area contributed by atoms with Gasteiger partial charge in [-0.1, -0.05) is 0 Å². The van der Waals surface area contributed by atoms with Crippen LogP contribution in [0.4, 0.5) is 0 Å². The summed E-state index contributed by atoms with van der Waals surface area (Å²) < 4.78 is 27.0. The number of aromatic nitrogens is 1. The average molecular weight is 352 g/mol. The van der Waals surface area contributed by atoms with Crippen LogP contribution in [0.3, 0.4) is 0 Å². The van der Waals surface area contributed by atoms with E-state index < -0.39 is 10.0 Å². The maximum atomic E-state index is 12.5. The Labute approximate surface area is 136 Å². The number of thiazole rings is 1. The standard InChI is InChI=1S/C13H21N3O2S2.ClH/c1-10-15-9-13(19-10)20(17,18)16-7-4-11(5-8-16)12-3-2-6-14-12;/h9,11-12,14H,2-8H2,1H3;1H. The van der Waals surface area contributed by atoms with E-state index in [9.17, 15) is 8.42 Å². The van der Waals surface area contributed by atoms with Crippen LogP contribution in [-0.4, -0.2) is 43.4 Å². The first-order valence-corrected chi connectivity index (χ1v) is 9.49. The highest BCUT2D eigenvalue weighted by atomic mass is 35.5. The second-order valence-electron chi connectivity index (χ2n) is 5.64. The average Bonchev–Trinajstić information content (AvgIpc) is 3.10. The maximum Gasteiger partial charge on any atom is 0.254 e.